The summed E-state index contributed by atoms with van der Waals surface area (Å²) in [7, 11) is 0. The summed E-state index contributed by atoms with van der Waals surface area (Å²) in [5, 5.41) is 15.4. The topological polar surface area (TPSA) is 117 Å². The van der Waals surface area contributed by atoms with Gasteiger partial charge in [-0.2, -0.15) is 13.2 Å². The molecular formula is C24H26F3N5O3S. The Morgan fingerprint density at radius 2 is 1.92 bits per heavy atom. The molecule has 8 nitrogen and oxygen atoms in total. The molecule has 0 aliphatic rings. The lowest BCUT2D eigenvalue weighted by Crippen LogP contribution is -2.41. The molecule has 3 aromatic rings. The van der Waals surface area contributed by atoms with E-state index in [0.717, 1.165) is 28.3 Å². The van der Waals surface area contributed by atoms with Gasteiger partial charge in [-0.1, -0.05) is 19.9 Å². The number of aliphatic carboxylic acids is 1. The van der Waals surface area contributed by atoms with Gasteiger partial charge in [-0.15, -0.1) is 11.3 Å². The first-order valence-corrected chi connectivity index (χ1v) is 12.0. The number of nitrogens with one attached hydrogen (secondary N) is 2. The lowest BCUT2D eigenvalue weighted by atomic mass is 10.0. The molecular weight excluding hydrogens is 495 g/mol. The molecule has 192 valence electrons. The third-order valence-electron chi connectivity index (χ3n) is 5.02. The van der Waals surface area contributed by atoms with Crippen molar-refractivity contribution >= 4 is 34.8 Å². The molecule has 0 bridgehead atoms. The molecule has 0 radical (unpaired) electrons. The molecule has 0 fully saturated rings. The van der Waals surface area contributed by atoms with Crippen molar-refractivity contribution in [1.29, 1.82) is 0 Å². The summed E-state index contributed by atoms with van der Waals surface area (Å²) in [6.45, 7) is 5.63. The highest BCUT2D eigenvalue weighted by Gasteiger charge is 2.32. The van der Waals surface area contributed by atoms with E-state index >= 15 is 0 Å². The van der Waals surface area contributed by atoms with Gasteiger partial charge in [0.1, 0.15) is 11.7 Å². The molecule has 1 atom stereocenters. The molecule has 1 amide bonds. The molecule has 36 heavy (non-hydrogen) atoms. The van der Waals surface area contributed by atoms with Gasteiger partial charge in [-0.25, -0.2) is 19.7 Å². The molecule has 12 heteroatoms. The summed E-state index contributed by atoms with van der Waals surface area (Å²) in [6, 6.07) is 5.30. The minimum Gasteiger partial charge on any atom is -0.480 e. The van der Waals surface area contributed by atoms with Gasteiger partial charge in [-0.3, -0.25) is 4.79 Å². The van der Waals surface area contributed by atoms with Gasteiger partial charge in [0.15, 0.2) is 0 Å². The summed E-state index contributed by atoms with van der Waals surface area (Å²) in [5.74, 6) is -1.47. The molecule has 0 spiro atoms. The monoisotopic (exact) mass is 521 g/mol. The zero-order chi connectivity index (χ0) is 26.5. The number of rotatable bonds is 10. The first kappa shape index (κ1) is 27.1. The van der Waals surface area contributed by atoms with Gasteiger partial charge in [0.2, 0.25) is 11.9 Å². The molecule has 2 aromatic heterocycles. The molecule has 0 saturated heterocycles. The maximum Gasteiger partial charge on any atom is 0.433 e. The first-order valence-electron chi connectivity index (χ1n) is 11.2. The highest BCUT2D eigenvalue weighted by Crippen LogP contribution is 2.31. The largest absolute Gasteiger partial charge is 0.480 e. The van der Waals surface area contributed by atoms with Gasteiger partial charge in [0.25, 0.3) is 0 Å². The minimum absolute atomic E-state index is 0.0995. The smallest absolute Gasteiger partial charge is 0.433 e. The molecule has 3 rings (SSSR count). The van der Waals surface area contributed by atoms with Crippen molar-refractivity contribution in [3.63, 3.8) is 0 Å². The molecule has 1 aromatic carbocycles. The summed E-state index contributed by atoms with van der Waals surface area (Å²) in [6.07, 6.45) is -1.08. The van der Waals surface area contributed by atoms with E-state index in [-0.39, 0.29) is 24.2 Å². The first-order chi connectivity index (χ1) is 16.9. The van der Waals surface area contributed by atoms with Crippen LogP contribution >= 0.6 is 11.3 Å². The second-order valence-corrected chi connectivity index (χ2v) is 9.80. The maximum absolute atomic E-state index is 12.9. The fraction of sp³-hybridized carbons (Fsp3) is 0.375. The van der Waals surface area contributed by atoms with E-state index in [1.165, 1.54) is 11.3 Å². The lowest BCUT2D eigenvalue weighted by Gasteiger charge is -2.16. The number of hydrogen-bond donors (Lipinski definition) is 3. The van der Waals surface area contributed by atoms with E-state index in [4.69, 9.17) is 0 Å². The number of carboxylic acids is 1. The summed E-state index contributed by atoms with van der Waals surface area (Å²) >= 11 is 1.38. The number of nitrogens with zero attached hydrogens (tertiary/aromatic N) is 3. The summed E-state index contributed by atoms with van der Waals surface area (Å²) in [4.78, 5) is 36.2. The second kappa shape index (κ2) is 11.5. The van der Waals surface area contributed by atoms with Crippen LogP contribution in [0.5, 0.6) is 0 Å². The predicted octanol–water partition coefficient (Wildman–Crippen LogP) is 5.22. The van der Waals surface area contributed by atoms with Crippen LogP contribution in [0.4, 0.5) is 24.8 Å². The number of halogens is 3. The van der Waals surface area contributed by atoms with Crippen molar-refractivity contribution in [2.24, 2.45) is 5.92 Å². The van der Waals surface area contributed by atoms with Crippen LogP contribution in [0.15, 0.2) is 36.7 Å². The van der Waals surface area contributed by atoms with E-state index in [2.05, 4.69) is 25.6 Å². The van der Waals surface area contributed by atoms with Gasteiger partial charge in [0, 0.05) is 30.9 Å². The van der Waals surface area contributed by atoms with Crippen molar-refractivity contribution in [2.75, 3.05) is 5.32 Å². The quantitative estimate of drug-likeness (QED) is 0.335. The van der Waals surface area contributed by atoms with Crippen molar-refractivity contribution in [1.82, 2.24) is 20.3 Å². The maximum atomic E-state index is 12.9. The summed E-state index contributed by atoms with van der Waals surface area (Å²) < 4.78 is 38.8. The normalized spacial score (nSPS) is 12.4. The Balaban J connectivity index is 1.67. The third kappa shape index (κ3) is 7.74. The van der Waals surface area contributed by atoms with Crippen molar-refractivity contribution < 1.29 is 27.9 Å². The Kier molecular flexibility index (Phi) is 8.62. The Morgan fingerprint density at radius 1 is 1.17 bits per heavy atom. The molecule has 0 aliphatic carbocycles. The molecule has 0 saturated carbocycles. The molecule has 0 aliphatic heterocycles. The number of amides is 1. The van der Waals surface area contributed by atoms with Gasteiger partial charge in [-0.05, 0) is 48.6 Å². The fourth-order valence-corrected chi connectivity index (χ4v) is 4.35. The van der Waals surface area contributed by atoms with Crippen LogP contribution in [-0.2, 0) is 22.2 Å². The van der Waals surface area contributed by atoms with Gasteiger partial charge >= 0.3 is 12.1 Å². The SMILES string of the molecule is Cc1cc(Nc2nccc(C(F)(F)F)n2)cc(-c2cnc(CCC(=O)N[C@@H](CC(C)C)C(=O)O)s2)c1. The second-order valence-electron chi connectivity index (χ2n) is 8.68. The van der Waals surface area contributed by atoms with E-state index in [1.807, 2.05) is 26.8 Å². The summed E-state index contributed by atoms with van der Waals surface area (Å²) in [5.41, 5.74) is 1.13. The fourth-order valence-electron chi connectivity index (χ4n) is 3.44. The highest BCUT2D eigenvalue weighted by atomic mass is 32.1. The number of benzene rings is 1. The van der Waals surface area contributed by atoms with Gasteiger partial charge < -0.3 is 15.7 Å². The van der Waals surface area contributed by atoms with E-state index in [0.29, 0.717) is 23.5 Å². The van der Waals surface area contributed by atoms with E-state index in [9.17, 15) is 27.9 Å². The number of carbonyl (C=O) groups excluding carboxylic acids is 1. The van der Waals surface area contributed by atoms with Crippen molar-refractivity contribution in [2.45, 2.75) is 52.3 Å². The van der Waals surface area contributed by atoms with Crippen LogP contribution < -0.4 is 10.6 Å². The Hall–Kier alpha value is -3.54. The Bertz CT molecular complexity index is 1230. The number of carbonyl (C=O) groups is 2. The molecule has 3 N–H and O–H groups in total. The van der Waals surface area contributed by atoms with Crippen LogP contribution in [0.25, 0.3) is 10.4 Å². The zero-order valence-corrected chi connectivity index (χ0v) is 20.7. The standard InChI is InChI=1S/C24H26F3N5O3S/c1-13(2)8-17(22(34)35)31-20(33)4-5-21-29-12-18(36-21)15-9-14(3)10-16(11-15)30-23-28-7-6-19(32-23)24(25,26)27/h6-7,9-13,17H,4-5,8H2,1-3H3,(H,31,33)(H,34,35)(H,28,30,32)/t17-/m0/s1. The number of carboxylic acid groups (broad SMARTS) is 1. The lowest BCUT2D eigenvalue weighted by molar-refractivity contribution is -0.142. The van der Waals surface area contributed by atoms with E-state index < -0.39 is 23.9 Å². The van der Waals surface area contributed by atoms with E-state index in [1.54, 1.807) is 18.3 Å². The number of anilines is 2. The van der Waals surface area contributed by atoms with Gasteiger partial charge in [0.05, 0.1) is 9.88 Å². The average Bonchev–Trinajstić information content (AvgIpc) is 3.25. The van der Waals surface area contributed by atoms with Crippen LogP contribution in [0.2, 0.25) is 0 Å². The molecule has 0 unspecified atom stereocenters. The van der Waals surface area contributed by atoms with Crippen molar-refractivity contribution in [3.05, 3.63) is 52.9 Å². The number of hydrogen-bond acceptors (Lipinski definition) is 7. The van der Waals surface area contributed by atoms with Crippen LogP contribution in [0.1, 0.15) is 43.0 Å². The number of aryl methyl sites for hydroxylation is 2. The number of alkyl halides is 3. The Morgan fingerprint density at radius 3 is 2.58 bits per heavy atom. The highest BCUT2D eigenvalue weighted by molar-refractivity contribution is 7.15. The Labute approximate surface area is 210 Å². The predicted molar refractivity (Wildman–Crippen MR) is 130 cm³/mol. The average molecular weight is 522 g/mol. The van der Waals surface area contributed by atoms with Crippen LogP contribution in [0.3, 0.4) is 0 Å². The number of thiazole rings is 1. The zero-order valence-electron chi connectivity index (χ0n) is 19.9. The van der Waals surface area contributed by atoms with Crippen molar-refractivity contribution in [3.8, 4) is 10.4 Å². The molecule has 2 heterocycles. The van der Waals surface area contributed by atoms with Crippen LogP contribution in [-0.4, -0.2) is 38.0 Å². The minimum atomic E-state index is -4.57. The third-order valence-corrected chi connectivity index (χ3v) is 6.13. The number of aromatic nitrogens is 3. The van der Waals surface area contributed by atoms with Crippen LogP contribution in [0, 0.1) is 12.8 Å².